The lowest BCUT2D eigenvalue weighted by molar-refractivity contribution is -0.120. The number of H-pyrrole nitrogens is 1. The highest BCUT2D eigenvalue weighted by molar-refractivity contribution is 7.89. The molecule has 2 aromatic carbocycles. The van der Waals surface area contributed by atoms with Gasteiger partial charge in [-0.3, -0.25) is 9.78 Å². The van der Waals surface area contributed by atoms with E-state index in [1.807, 2.05) is 0 Å². The van der Waals surface area contributed by atoms with Crippen molar-refractivity contribution in [2.24, 2.45) is 5.92 Å². The molecule has 1 amide bonds. The first-order valence-electron chi connectivity index (χ1n) is 10.5. The number of benzene rings is 2. The van der Waals surface area contributed by atoms with Gasteiger partial charge in [0.1, 0.15) is 0 Å². The van der Waals surface area contributed by atoms with Gasteiger partial charge in [-0.25, -0.2) is 13.2 Å². The van der Waals surface area contributed by atoms with Crippen molar-refractivity contribution in [3.05, 3.63) is 40.9 Å². The van der Waals surface area contributed by atoms with E-state index in [0.29, 0.717) is 41.3 Å². The predicted octanol–water partition coefficient (Wildman–Crippen LogP) is 2.19. The monoisotopic (exact) mass is 491 g/mol. The number of nitrogens with one attached hydrogen (secondary N) is 2. The van der Waals surface area contributed by atoms with E-state index in [0.717, 1.165) is 0 Å². The third kappa shape index (κ3) is 4.46. The van der Waals surface area contributed by atoms with Gasteiger partial charge in [-0.15, -0.1) is 0 Å². The zero-order valence-corrected chi connectivity index (χ0v) is 19.7. The number of anilines is 1. The van der Waals surface area contributed by atoms with Gasteiger partial charge in [0.15, 0.2) is 17.1 Å². The molecule has 1 fully saturated rings. The summed E-state index contributed by atoms with van der Waals surface area (Å²) in [7, 11) is 0.540. The lowest BCUT2D eigenvalue weighted by Gasteiger charge is -2.31. The number of sulfonamides is 1. The van der Waals surface area contributed by atoms with Crippen molar-refractivity contribution in [3.8, 4) is 17.2 Å². The second kappa shape index (κ2) is 9.39. The number of amides is 1. The van der Waals surface area contributed by atoms with Crippen molar-refractivity contribution >= 4 is 32.7 Å². The number of aromatic nitrogens is 1. The first-order chi connectivity index (χ1) is 16.3. The Labute approximate surface area is 195 Å². The first-order valence-corrected chi connectivity index (χ1v) is 11.9. The van der Waals surface area contributed by atoms with Crippen LogP contribution >= 0.6 is 0 Å². The van der Waals surface area contributed by atoms with Crippen molar-refractivity contribution in [1.82, 2.24) is 9.29 Å². The van der Waals surface area contributed by atoms with E-state index in [2.05, 4.69) is 10.3 Å². The molecule has 1 aliphatic rings. The SMILES string of the molecule is COc1cc(NC(=O)C2CCCN(S(=O)(=O)c3ccc4[nH]c(=O)oc4c3)C2)cc(OC)c1OC. The van der Waals surface area contributed by atoms with E-state index in [9.17, 15) is 18.0 Å². The van der Waals surface area contributed by atoms with E-state index in [4.69, 9.17) is 18.6 Å². The Morgan fingerprint density at radius 2 is 1.82 bits per heavy atom. The molecular weight excluding hydrogens is 466 g/mol. The van der Waals surface area contributed by atoms with Crippen LogP contribution in [0.1, 0.15) is 12.8 Å². The maximum Gasteiger partial charge on any atom is 0.417 e. The van der Waals surface area contributed by atoms with Crippen LogP contribution in [0.5, 0.6) is 17.2 Å². The molecule has 0 spiro atoms. The third-order valence-electron chi connectivity index (χ3n) is 5.72. The molecule has 0 radical (unpaired) electrons. The Kier molecular flexibility index (Phi) is 6.53. The summed E-state index contributed by atoms with van der Waals surface area (Å²) >= 11 is 0. The lowest BCUT2D eigenvalue weighted by Crippen LogP contribution is -2.43. The van der Waals surface area contributed by atoms with Crippen molar-refractivity contribution in [1.29, 1.82) is 0 Å². The number of carbonyl (C=O) groups excluding carboxylic acids is 1. The number of oxazole rings is 1. The molecule has 3 aromatic rings. The van der Waals surface area contributed by atoms with Crippen LogP contribution in [0.15, 0.2) is 44.4 Å². The van der Waals surface area contributed by atoms with Gasteiger partial charge in [-0.05, 0) is 25.0 Å². The van der Waals surface area contributed by atoms with E-state index in [-0.39, 0.29) is 29.5 Å². The summed E-state index contributed by atoms with van der Waals surface area (Å²) in [5.74, 6) is -0.370. The number of fused-ring (bicyclic) bond motifs is 1. The van der Waals surface area contributed by atoms with Crippen LogP contribution in [0.2, 0.25) is 0 Å². The summed E-state index contributed by atoms with van der Waals surface area (Å²) in [6.07, 6.45) is 1.06. The standard InChI is InChI=1S/C22H25N3O8S/c1-30-18-9-14(10-19(31-2)20(18)32-3)23-21(26)13-5-4-8-25(12-13)34(28,29)15-6-7-16-17(11-15)33-22(27)24-16/h6-7,9-11,13H,4-5,8,12H2,1-3H3,(H,23,26)(H,24,27). The minimum absolute atomic E-state index is 0.00608. The van der Waals surface area contributed by atoms with Gasteiger partial charge in [-0.2, -0.15) is 4.31 Å². The molecule has 4 rings (SSSR count). The van der Waals surface area contributed by atoms with Gasteiger partial charge >= 0.3 is 5.76 Å². The number of ether oxygens (including phenoxy) is 3. The summed E-state index contributed by atoms with van der Waals surface area (Å²) in [4.78, 5) is 26.9. The van der Waals surface area contributed by atoms with E-state index < -0.39 is 21.7 Å². The molecule has 1 unspecified atom stereocenters. The zero-order valence-electron chi connectivity index (χ0n) is 18.9. The molecule has 11 nitrogen and oxygen atoms in total. The molecule has 1 saturated heterocycles. The lowest BCUT2D eigenvalue weighted by atomic mass is 9.98. The van der Waals surface area contributed by atoms with Crippen LogP contribution in [0, 0.1) is 5.92 Å². The Bertz CT molecular complexity index is 1350. The number of hydrogen-bond acceptors (Lipinski definition) is 8. The van der Waals surface area contributed by atoms with Crippen molar-refractivity contribution in [2.75, 3.05) is 39.7 Å². The number of nitrogens with zero attached hydrogens (tertiary/aromatic N) is 1. The van der Waals surface area contributed by atoms with Crippen LogP contribution in [0.25, 0.3) is 11.1 Å². The average Bonchev–Trinajstić information content (AvgIpc) is 3.22. The van der Waals surface area contributed by atoms with Gasteiger partial charge < -0.3 is 23.9 Å². The van der Waals surface area contributed by atoms with Crippen molar-refractivity contribution < 1.29 is 31.8 Å². The first kappa shape index (κ1) is 23.6. The molecule has 1 aromatic heterocycles. The number of rotatable bonds is 7. The van der Waals surface area contributed by atoms with E-state index in [1.54, 1.807) is 12.1 Å². The Morgan fingerprint density at radius 3 is 2.47 bits per heavy atom. The highest BCUT2D eigenvalue weighted by Gasteiger charge is 2.34. The van der Waals surface area contributed by atoms with Crippen molar-refractivity contribution in [2.45, 2.75) is 17.7 Å². The molecule has 0 saturated carbocycles. The number of piperidine rings is 1. The van der Waals surface area contributed by atoms with Crippen LogP contribution < -0.4 is 25.3 Å². The molecule has 1 atom stereocenters. The summed E-state index contributed by atoms with van der Waals surface area (Å²) in [6.45, 7) is 0.305. The molecule has 2 N–H and O–H groups in total. The normalized spacial score (nSPS) is 16.9. The smallest absolute Gasteiger partial charge is 0.417 e. The van der Waals surface area contributed by atoms with Gasteiger partial charge in [0, 0.05) is 37.0 Å². The summed E-state index contributed by atoms with van der Waals surface area (Å²) in [6, 6.07) is 7.41. The summed E-state index contributed by atoms with van der Waals surface area (Å²) < 4.78 is 48.6. The number of methoxy groups -OCH3 is 3. The Morgan fingerprint density at radius 1 is 1.12 bits per heavy atom. The van der Waals surface area contributed by atoms with Gasteiger partial charge in [-0.1, -0.05) is 0 Å². The molecule has 12 heteroatoms. The molecule has 2 heterocycles. The Balaban J connectivity index is 1.53. The largest absolute Gasteiger partial charge is 0.493 e. The van der Waals surface area contributed by atoms with Gasteiger partial charge in [0.05, 0.1) is 37.7 Å². The Hall–Kier alpha value is -3.51. The van der Waals surface area contributed by atoms with Crippen molar-refractivity contribution in [3.63, 3.8) is 0 Å². The molecule has 0 aliphatic carbocycles. The third-order valence-corrected chi connectivity index (χ3v) is 7.58. The van der Waals surface area contributed by atoms with Gasteiger partial charge in [0.25, 0.3) is 0 Å². The highest BCUT2D eigenvalue weighted by atomic mass is 32.2. The molecule has 182 valence electrons. The fraction of sp³-hybridized carbons (Fsp3) is 0.364. The van der Waals surface area contributed by atoms with E-state index in [1.165, 1.54) is 43.8 Å². The van der Waals surface area contributed by atoms with Crippen LogP contribution in [0.4, 0.5) is 5.69 Å². The maximum atomic E-state index is 13.2. The van der Waals surface area contributed by atoms with E-state index >= 15 is 0 Å². The zero-order chi connectivity index (χ0) is 24.5. The molecular formula is C22H25N3O8S. The highest BCUT2D eigenvalue weighted by Crippen LogP contribution is 2.40. The summed E-state index contributed by atoms with van der Waals surface area (Å²) in [5.41, 5.74) is 0.998. The van der Waals surface area contributed by atoms with Crippen LogP contribution in [-0.4, -0.2) is 58.0 Å². The van der Waals surface area contributed by atoms with Crippen LogP contribution in [0.3, 0.4) is 0 Å². The second-order valence-electron chi connectivity index (χ2n) is 7.78. The van der Waals surface area contributed by atoms with Crippen LogP contribution in [-0.2, 0) is 14.8 Å². The fourth-order valence-corrected chi connectivity index (χ4v) is 5.55. The minimum Gasteiger partial charge on any atom is -0.493 e. The number of aromatic amines is 1. The average molecular weight is 492 g/mol. The minimum atomic E-state index is -3.89. The summed E-state index contributed by atoms with van der Waals surface area (Å²) in [5, 5.41) is 2.82. The maximum absolute atomic E-state index is 13.2. The topological polar surface area (TPSA) is 140 Å². The number of carbonyl (C=O) groups is 1. The second-order valence-corrected chi connectivity index (χ2v) is 9.72. The quantitative estimate of drug-likeness (QED) is 0.513. The number of hydrogen-bond donors (Lipinski definition) is 2. The predicted molar refractivity (Wildman–Crippen MR) is 123 cm³/mol. The molecule has 1 aliphatic heterocycles. The molecule has 34 heavy (non-hydrogen) atoms. The van der Waals surface area contributed by atoms with Gasteiger partial charge in [0.2, 0.25) is 21.7 Å². The molecule has 0 bridgehead atoms. The fourth-order valence-electron chi connectivity index (χ4n) is 4.01.